The van der Waals surface area contributed by atoms with Crippen molar-refractivity contribution < 1.29 is 18.0 Å². The van der Waals surface area contributed by atoms with E-state index in [1.54, 1.807) is 0 Å². The SMILES string of the molecule is O=C(Nc1nc(C2CCC2)cs1)N1CCC[C@@H](C(F)(F)F)C1. The molecule has 1 saturated heterocycles. The molecule has 122 valence electrons. The van der Waals surface area contributed by atoms with Gasteiger partial charge in [0.25, 0.3) is 0 Å². The van der Waals surface area contributed by atoms with Gasteiger partial charge in [0.05, 0.1) is 11.6 Å². The summed E-state index contributed by atoms with van der Waals surface area (Å²) in [5.74, 6) is -0.944. The van der Waals surface area contributed by atoms with Crippen molar-refractivity contribution in [3.8, 4) is 0 Å². The number of nitrogens with zero attached hydrogens (tertiary/aromatic N) is 2. The molecule has 0 unspecified atom stereocenters. The number of hydrogen-bond donors (Lipinski definition) is 1. The van der Waals surface area contributed by atoms with E-state index in [0.29, 0.717) is 24.0 Å². The van der Waals surface area contributed by atoms with Gasteiger partial charge in [0.15, 0.2) is 5.13 Å². The lowest BCUT2D eigenvalue weighted by Gasteiger charge is -2.33. The molecular weight excluding hydrogens is 315 g/mol. The second-order valence-electron chi connectivity index (χ2n) is 5.96. The molecule has 22 heavy (non-hydrogen) atoms. The lowest BCUT2D eigenvalue weighted by Crippen LogP contribution is -2.46. The maximum atomic E-state index is 12.8. The number of carbonyl (C=O) groups is 1. The van der Waals surface area contributed by atoms with Gasteiger partial charge in [-0.1, -0.05) is 6.42 Å². The van der Waals surface area contributed by atoms with Gasteiger partial charge in [0.2, 0.25) is 0 Å². The highest BCUT2D eigenvalue weighted by molar-refractivity contribution is 7.13. The van der Waals surface area contributed by atoms with Crippen molar-refractivity contribution in [2.45, 2.75) is 44.2 Å². The number of anilines is 1. The number of thiazole rings is 1. The largest absolute Gasteiger partial charge is 0.393 e. The Balaban J connectivity index is 1.58. The summed E-state index contributed by atoms with van der Waals surface area (Å²) in [5, 5.41) is 5.03. The Morgan fingerprint density at radius 2 is 2.09 bits per heavy atom. The van der Waals surface area contributed by atoms with E-state index in [9.17, 15) is 18.0 Å². The van der Waals surface area contributed by atoms with Crippen LogP contribution in [0.25, 0.3) is 0 Å². The maximum absolute atomic E-state index is 12.8. The zero-order chi connectivity index (χ0) is 15.7. The van der Waals surface area contributed by atoms with E-state index in [1.807, 2.05) is 5.38 Å². The highest BCUT2D eigenvalue weighted by Gasteiger charge is 2.42. The zero-order valence-corrected chi connectivity index (χ0v) is 12.8. The summed E-state index contributed by atoms with van der Waals surface area (Å²) < 4.78 is 38.3. The van der Waals surface area contributed by atoms with Crippen molar-refractivity contribution in [1.29, 1.82) is 0 Å². The van der Waals surface area contributed by atoms with Crippen molar-refractivity contribution in [1.82, 2.24) is 9.88 Å². The number of aromatic nitrogens is 1. The van der Waals surface area contributed by atoms with Gasteiger partial charge >= 0.3 is 12.2 Å². The normalized spacial score (nSPS) is 23.2. The number of alkyl halides is 3. The van der Waals surface area contributed by atoms with Crippen LogP contribution >= 0.6 is 11.3 Å². The number of rotatable bonds is 2. The number of urea groups is 1. The third-order valence-corrected chi connectivity index (χ3v) is 5.21. The molecule has 1 aromatic rings. The summed E-state index contributed by atoms with van der Waals surface area (Å²) in [5.41, 5.74) is 0.985. The van der Waals surface area contributed by atoms with Gasteiger partial charge in [-0.2, -0.15) is 13.2 Å². The molecule has 1 aliphatic carbocycles. The molecule has 2 aliphatic rings. The number of piperidine rings is 1. The first kappa shape index (κ1) is 15.6. The maximum Gasteiger partial charge on any atom is 0.393 e. The number of nitrogens with one attached hydrogen (secondary N) is 1. The smallest absolute Gasteiger partial charge is 0.324 e. The molecule has 3 rings (SSSR count). The summed E-state index contributed by atoms with van der Waals surface area (Å²) >= 11 is 1.33. The molecular formula is C14H18F3N3OS. The number of carbonyl (C=O) groups excluding carboxylic acids is 1. The molecule has 0 aromatic carbocycles. The molecule has 0 bridgehead atoms. The first-order valence-corrected chi connectivity index (χ1v) is 8.39. The lowest BCUT2D eigenvalue weighted by atomic mass is 9.83. The van der Waals surface area contributed by atoms with E-state index < -0.39 is 18.1 Å². The zero-order valence-electron chi connectivity index (χ0n) is 12.0. The Kier molecular flexibility index (Phi) is 4.29. The molecule has 1 N–H and O–H groups in total. The van der Waals surface area contributed by atoms with Crippen molar-refractivity contribution in [2.24, 2.45) is 5.92 Å². The highest BCUT2D eigenvalue weighted by atomic mass is 32.1. The number of halogens is 3. The van der Waals surface area contributed by atoms with Gasteiger partial charge in [0, 0.05) is 24.4 Å². The van der Waals surface area contributed by atoms with E-state index >= 15 is 0 Å². The predicted octanol–water partition coefficient (Wildman–Crippen LogP) is 4.22. The molecule has 2 heterocycles. The fourth-order valence-corrected chi connectivity index (χ4v) is 3.62. The van der Waals surface area contributed by atoms with Crippen molar-refractivity contribution >= 4 is 22.5 Å². The van der Waals surface area contributed by atoms with Crippen LogP contribution in [0.1, 0.15) is 43.7 Å². The standard InChI is InChI=1S/C14H18F3N3OS/c15-14(16,17)10-5-2-6-20(7-10)13(21)19-12-18-11(8-22-12)9-3-1-4-9/h8-10H,1-7H2,(H,18,19,21)/t10-/m1/s1. The van der Waals surface area contributed by atoms with Gasteiger partial charge < -0.3 is 4.90 Å². The van der Waals surface area contributed by atoms with Crippen molar-refractivity contribution in [2.75, 3.05) is 18.4 Å². The molecule has 1 aliphatic heterocycles. The average molecular weight is 333 g/mol. The minimum absolute atomic E-state index is 0.0936. The molecule has 8 heteroatoms. The first-order chi connectivity index (χ1) is 10.4. The Morgan fingerprint density at radius 3 is 2.73 bits per heavy atom. The molecule has 1 atom stereocenters. The lowest BCUT2D eigenvalue weighted by molar-refractivity contribution is -0.183. The van der Waals surface area contributed by atoms with Gasteiger partial charge in [-0.15, -0.1) is 11.3 Å². The molecule has 0 spiro atoms. The Morgan fingerprint density at radius 1 is 1.32 bits per heavy atom. The minimum atomic E-state index is -4.24. The van der Waals surface area contributed by atoms with Crippen LogP contribution in [0.15, 0.2) is 5.38 Å². The topological polar surface area (TPSA) is 45.2 Å². The van der Waals surface area contributed by atoms with Crippen LogP contribution in [-0.2, 0) is 0 Å². The molecule has 1 aromatic heterocycles. The third kappa shape index (κ3) is 3.37. The summed E-state index contributed by atoms with van der Waals surface area (Å²) in [6, 6.07) is -0.483. The summed E-state index contributed by atoms with van der Waals surface area (Å²) in [4.78, 5) is 17.7. The summed E-state index contributed by atoms with van der Waals surface area (Å²) in [7, 11) is 0. The van der Waals surface area contributed by atoms with E-state index in [-0.39, 0.29) is 13.0 Å². The monoisotopic (exact) mass is 333 g/mol. The van der Waals surface area contributed by atoms with Gasteiger partial charge in [-0.3, -0.25) is 5.32 Å². The predicted molar refractivity (Wildman–Crippen MR) is 78.1 cm³/mol. The van der Waals surface area contributed by atoms with E-state index in [1.165, 1.54) is 22.7 Å². The van der Waals surface area contributed by atoms with Crippen LogP contribution in [0, 0.1) is 5.92 Å². The van der Waals surface area contributed by atoms with Crippen LogP contribution in [0.3, 0.4) is 0 Å². The van der Waals surface area contributed by atoms with Gasteiger partial charge in [-0.25, -0.2) is 9.78 Å². The Labute approximate surface area is 130 Å². The summed E-state index contributed by atoms with van der Waals surface area (Å²) in [6.45, 7) is 0.0927. The molecule has 2 amide bonds. The Bertz CT molecular complexity index is 542. The van der Waals surface area contributed by atoms with E-state index in [0.717, 1.165) is 18.5 Å². The fraction of sp³-hybridized carbons (Fsp3) is 0.714. The van der Waals surface area contributed by atoms with Gasteiger partial charge in [-0.05, 0) is 25.7 Å². The highest BCUT2D eigenvalue weighted by Crippen LogP contribution is 2.37. The first-order valence-electron chi connectivity index (χ1n) is 7.51. The number of likely N-dealkylation sites (tertiary alicyclic amines) is 1. The number of hydrogen-bond acceptors (Lipinski definition) is 3. The van der Waals surface area contributed by atoms with Crippen LogP contribution in [-0.4, -0.2) is 35.2 Å². The van der Waals surface area contributed by atoms with E-state index in [4.69, 9.17) is 0 Å². The molecule has 1 saturated carbocycles. The van der Waals surface area contributed by atoms with Crippen LogP contribution in [0.2, 0.25) is 0 Å². The summed E-state index contributed by atoms with van der Waals surface area (Å²) in [6.07, 6.45) is -0.319. The molecule has 0 radical (unpaired) electrons. The Hall–Kier alpha value is -1.31. The second kappa shape index (κ2) is 6.06. The molecule has 4 nitrogen and oxygen atoms in total. The average Bonchev–Trinajstić information content (AvgIpc) is 2.84. The van der Waals surface area contributed by atoms with Crippen LogP contribution in [0.5, 0.6) is 0 Å². The fourth-order valence-electron chi connectivity index (χ4n) is 2.83. The third-order valence-electron chi connectivity index (χ3n) is 4.43. The quantitative estimate of drug-likeness (QED) is 0.881. The van der Waals surface area contributed by atoms with Crippen molar-refractivity contribution in [3.63, 3.8) is 0 Å². The van der Waals surface area contributed by atoms with E-state index in [2.05, 4.69) is 10.3 Å². The van der Waals surface area contributed by atoms with Crippen molar-refractivity contribution in [3.05, 3.63) is 11.1 Å². The van der Waals surface area contributed by atoms with Gasteiger partial charge in [0.1, 0.15) is 0 Å². The minimum Gasteiger partial charge on any atom is -0.324 e. The number of amides is 2. The molecule has 2 fully saturated rings. The second-order valence-corrected chi connectivity index (χ2v) is 6.82. The van der Waals surface area contributed by atoms with Crippen LogP contribution < -0.4 is 5.32 Å². The van der Waals surface area contributed by atoms with Crippen LogP contribution in [0.4, 0.5) is 23.1 Å².